The van der Waals surface area contributed by atoms with Crippen LogP contribution in [0.5, 0.6) is 0 Å². The Morgan fingerprint density at radius 2 is 1.52 bits per heavy atom. The standard InChI is InChI=1S/C31H24F2N4O3/c1-19-9-5-6-12-24(19)27(38)18-37-26-14-8-7-13-25(26)28(20-10-3-2-4-11-20)35-29(30(37)39)36-31(40)34-23-16-21(32)15-22(33)17-23/h2-17,29H,18H2,1H3,(H2,34,36,40)/t29-/m1/s1. The van der Waals surface area contributed by atoms with Gasteiger partial charge in [-0.2, -0.15) is 0 Å². The first-order chi connectivity index (χ1) is 19.3. The zero-order valence-corrected chi connectivity index (χ0v) is 21.4. The van der Waals surface area contributed by atoms with Crippen LogP contribution < -0.4 is 15.5 Å². The molecule has 0 bridgehead atoms. The van der Waals surface area contributed by atoms with Gasteiger partial charge in [0.15, 0.2) is 5.78 Å². The molecule has 1 aliphatic rings. The van der Waals surface area contributed by atoms with E-state index in [1.165, 1.54) is 4.90 Å². The van der Waals surface area contributed by atoms with Gasteiger partial charge in [0.25, 0.3) is 5.91 Å². The summed E-state index contributed by atoms with van der Waals surface area (Å²) in [5.41, 5.74) is 3.26. The zero-order valence-electron chi connectivity index (χ0n) is 21.4. The fourth-order valence-corrected chi connectivity index (χ4v) is 4.54. The SMILES string of the molecule is Cc1ccccc1C(=O)CN1C(=O)[C@@H](NC(=O)Nc2cc(F)cc(F)c2)N=C(c2ccccc2)c2ccccc21. The molecule has 40 heavy (non-hydrogen) atoms. The molecule has 0 radical (unpaired) electrons. The number of nitrogens with zero attached hydrogens (tertiary/aromatic N) is 2. The van der Waals surface area contributed by atoms with Gasteiger partial charge in [-0.1, -0.05) is 72.8 Å². The number of para-hydroxylation sites is 1. The number of halogens is 2. The minimum atomic E-state index is -1.45. The monoisotopic (exact) mass is 538 g/mol. The van der Waals surface area contributed by atoms with Gasteiger partial charge in [-0.3, -0.25) is 9.59 Å². The first-order valence-corrected chi connectivity index (χ1v) is 12.5. The minimum absolute atomic E-state index is 0.141. The fourth-order valence-electron chi connectivity index (χ4n) is 4.54. The van der Waals surface area contributed by atoms with E-state index >= 15 is 0 Å². The number of aliphatic imine (C=N–C) groups is 1. The largest absolute Gasteiger partial charge is 0.321 e. The van der Waals surface area contributed by atoms with Gasteiger partial charge in [-0.15, -0.1) is 0 Å². The van der Waals surface area contributed by atoms with Gasteiger partial charge in [0.1, 0.15) is 11.6 Å². The minimum Gasteiger partial charge on any atom is -0.308 e. The molecule has 4 aromatic carbocycles. The molecule has 0 aliphatic carbocycles. The third kappa shape index (κ3) is 5.63. The third-order valence-corrected chi connectivity index (χ3v) is 6.39. The molecule has 9 heteroatoms. The summed E-state index contributed by atoms with van der Waals surface area (Å²) in [5.74, 6) is -2.69. The van der Waals surface area contributed by atoms with Gasteiger partial charge in [-0.25, -0.2) is 18.6 Å². The van der Waals surface area contributed by atoms with Crippen molar-refractivity contribution in [1.82, 2.24) is 5.32 Å². The molecule has 0 spiro atoms. The summed E-state index contributed by atoms with van der Waals surface area (Å²) in [5, 5.41) is 4.84. The molecule has 0 aromatic heterocycles. The molecule has 3 amide bonds. The Kier molecular flexibility index (Phi) is 7.46. The van der Waals surface area contributed by atoms with E-state index in [9.17, 15) is 23.2 Å². The molecule has 200 valence electrons. The second-order valence-electron chi connectivity index (χ2n) is 9.18. The average molecular weight is 539 g/mol. The predicted octanol–water partition coefficient (Wildman–Crippen LogP) is 5.49. The maximum atomic E-state index is 13.9. The maximum Gasteiger partial charge on any atom is 0.321 e. The summed E-state index contributed by atoms with van der Waals surface area (Å²) >= 11 is 0. The Morgan fingerprint density at radius 1 is 0.875 bits per heavy atom. The summed E-state index contributed by atoms with van der Waals surface area (Å²) in [4.78, 5) is 46.1. The Labute approximate surface area is 229 Å². The van der Waals surface area contributed by atoms with Crippen LogP contribution in [0.1, 0.15) is 27.0 Å². The van der Waals surface area contributed by atoms with Crippen molar-refractivity contribution >= 4 is 34.8 Å². The second-order valence-corrected chi connectivity index (χ2v) is 9.18. The van der Waals surface area contributed by atoms with Crippen molar-refractivity contribution < 1.29 is 23.2 Å². The lowest BCUT2D eigenvalue weighted by Gasteiger charge is -2.25. The average Bonchev–Trinajstić information content (AvgIpc) is 3.04. The van der Waals surface area contributed by atoms with E-state index in [1.54, 1.807) is 36.4 Å². The van der Waals surface area contributed by atoms with Crippen molar-refractivity contribution in [3.63, 3.8) is 0 Å². The number of aryl methyl sites for hydroxylation is 1. The van der Waals surface area contributed by atoms with Crippen molar-refractivity contribution in [3.8, 4) is 0 Å². The van der Waals surface area contributed by atoms with Crippen LogP contribution in [0, 0.1) is 18.6 Å². The highest BCUT2D eigenvalue weighted by molar-refractivity contribution is 6.21. The van der Waals surface area contributed by atoms with Crippen molar-refractivity contribution in [1.29, 1.82) is 0 Å². The normalized spacial score (nSPS) is 14.6. The number of Topliss-reactive ketones (excluding diaryl/α,β-unsaturated/α-hetero) is 1. The van der Waals surface area contributed by atoms with Crippen molar-refractivity contribution in [3.05, 3.63) is 131 Å². The van der Waals surface area contributed by atoms with Gasteiger partial charge < -0.3 is 15.5 Å². The van der Waals surface area contributed by atoms with E-state index in [-0.39, 0.29) is 18.0 Å². The van der Waals surface area contributed by atoms with Gasteiger partial charge in [-0.05, 0) is 30.7 Å². The lowest BCUT2D eigenvalue weighted by molar-refractivity contribution is -0.120. The number of nitrogens with one attached hydrogen (secondary N) is 2. The van der Waals surface area contributed by atoms with E-state index in [4.69, 9.17) is 0 Å². The second kappa shape index (κ2) is 11.3. The van der Waals surface area contributed by atoms with Gasteiger partial charge in [0.05, 0.1) is 17.9 Å². The third-order valence-electron chi connectivity index (χ3n) is 6.39. The summed E-state index contributed by atoms with van der Waals surface area (Å²) in [7, 11) is 0. The first kappa shape index (κ1) is 26.4. The van der Waals surface area contributed by atoms with E-state index in [2.05, 4.69) is 15.6 Å². The number of anilines is 2. The number of benzene rings is 4. The summed E-state index contributed by atoms with van der Waals surface area (Å²) < 4.78 is 27.3. The number of urea groups is 1. The smallest absolute Gasteiger partial charge is 0.308 e. The van der Waals surface area contributed by atoms with Crippen LogP contribution in [0.3, 0.4) is 0 Å². The molecule has 0 saturated carbocycles. The molecule has 7 nitrogen and oxygen atoms in total. The van der Waals surface area contributed by atoms with Crippen LogP contribution in [0.4, 0.5) is 25.0 Å². The molecule has 1 atom stereocenters. The highest BCUT2D eigenvalue weighted by atomic mass is 19.1. The molecule has 5 rings (SSSR count). The van der Waals surface area contributed by atoms with E-state index < -0.39 is 29.7 Å². The lowest BCUT2D eigenvalue weighted by Crippen LogP contribution is -2.50. The molecular weight excluding hydrogens is 514 g/mol. The van der Waals surface area contributed by atoms with Crippen molar-refractivity contribution in [2.24, 2.45) is 4.99 Å². The van der Waals surface area contributed by atoms with E-state index in [0.29, 0.717) is 34.2 Å². The molecule has 0 unspecified atom stereocenters. The number of carbonyl (C=O) groups is 3. The van der Waals surface area contributed by atoms with E-state index in [0.717, 1.165) is 17.7 Å². The Hall–Kier alpha value is -5.18. The van der Waals surface area contributed by atoms with Crippen LogP contribution in [0.2, 0.25) is 0 Å². The van der Waals surface area contributed by atoms with Crippen LogP contribution >= 0.6 is 0 Å². The van der Waals surface area contributed by atoms with Crippen molar-refractivity contribution in [2.75, 3.05) is 16.8 Å². The number of amides is 3. The Bertz CT molecular complexity index is 1620. The summed E-state index contributed by atoms with van der Waals surface area (Å²) in [6, 6.07) is 24.9. The molecule has 2 N–H and O–H groups in total. The predicted molar refractivity (Wildman–Crippen MR) is 149 cm³/mol. The van der Waals surface area contributed by atoms with Crippen LogP contribution in [0.25, 0.3) is 0 Å². The highest BCUT2D eigenvalue weighted by Gasteiger charge is 2.34. The number of fused-ring (bicyclic) bond motifs is 1. The highest BCUT2D eigenvalue weighted by Crippen LogP contribution is 2.29. The fraction of sp³-hybridized carbons (Fsp3) is 0.0968. The summed E-state index contributed by atoms with van der Waals surface area (Å²) in [6.45, 7) is 1.51. The van der Waals surface area contributed by atoms with Gasteiger partial charge in [0.2, 0.25) is 6.17 Å². The number of hydrogen-bond acceptors (Lipinski definition) is 4. The van der Waals surface area contributed by atoms with Crippen molar-refractivity contribution in [2.45, 2.75) is 13.1 Å². The van der Waals surface area contributed by atoms with Crippen LogP contribution in [-0.2, 0) is 4.79 Å². The zero-order chi connectivity index (χ0) is 28.2. The number of benzodiazepines with no additional fused rings is 1. The molecular formula is C31H24F2N4O3. The molecule has 1 aliphatic heterocycles. The number of hydrogen-bond donors (Lipinski definition) is 2. The molecule has 1 heterocycles. The lowest BCUT2D eigenvalue weighted by atomic mass is 9.99. The quantitative estimate of drug-likeness (QED) is 0.318. The Morgan fingerprint density at radius 3 is 2.25 bits per heavy atom. The van der Waals surface area contributed by atoms with Gasteiger partial charge >= 0.3 is 6.03 Å². The number of carbonyl (C=O) groups excluding carboxylic acids is 3. The van der Waals surface area contributed by atoms with Crippen LogP contribution in [0.15, 0.2) is 102 Å². The molecule has 0 saturated heterocycles. The first-order valence-electron chi connectivity index (χ1n) is 12.5. The maximum absolute atomic E-state index is 13.9. The topological polar surface area (TPSA) is 90.9 Å². The number of rotatable bonds is 6. The number of ketones is 1. The van der Waals surface area contributed by atoms with E-state index in [1.807, 2.05) is 49.4 Å². The van der Waals surface area contributed by atoms with Crippen LogP contribution in [-0.4, -0.2) is 36.1 Å². The Balaban J connectivity index is 1.54. The molecule has 0 fully saturated rings. The van der Waals surface area contributed by atoms with Gasteiger partial charge in [0, 0.05) is 28.4 Å². The summed E-state index contributed by atoms with van der Waals surface area (Å²) in [6.07, 6.45) is -1.45. The molecule has 4 aromatic rings.